The van der Waals surface area contributed by atoms with Gasteiger partial charge in [-0.2, -0.15) is 11.8 Å². The highest BCUT2D eigenvalue weighted by molar-refractivity contribution is 9.11. The van der Waals surface area contributed by atoms with Gasteiger partial charge in [-0.05, 0) is 57.2 Å². The van der Waals surface area contributed by atoms with Crippen molar-refractivity contribution in [1.29, 1.82) is 0 Å². The predicted molar refractivity (Wildman–Crippen MR) is 90.4 cm³/mol. The molecule has 1 unspecified atom stereocenters. The van der Waals surface area contributed by atoms with E-state index < -0.39 is 15.6 Å². The Hall–Kier alpha value is 0.200. The molecule has 1 aromatic carbocycles. The van der Waals surface area contributed by atoms with E-state index in [9.17, 15) is 13.5 Å². The van der Waals surface area contributed by atoms with Crippen LogP contribution in [0.1, 0.15) is 6.92 Å². The zero-order valence-corrected chi connectivity index (χ0v) is 15.8. The molecule has 0 aromatic heterocycles. The van der Waals surface area contributed by atoms with Gasteiger partial charge in [0.25, 0.3) is 0 Å². The van der Waals surface area contributed by atoms with Crippen molar-refractivity contribution in [3.8, 4) is 0 Å². The van der Waals surface area contributed by atoms with Crippen LogP contribution in [0.15, 0.2) is 26.0 Å². The summed E-state index contributed by atoms with van der Waals surface area (Å²) in [7, 11) is -3.76. The Morgan fingerprint density at radius 1 is 1.40 bits per heavy atom. The van der Waals surface area contributed by atoms with E-state index in [2.05, 4.69) is 36.6 Å². The third-order valence-corrected chi connectivity index (χ3v) is 6.58. The Labute approximate surface area is 140 Å². The zero-order valence-electron chi connectivity index (χ0n) is 11.0. The first-order valence-corrected chi connectivity index (χ1v) is 10.0. The lowest BCUT2D eigenvalue weighted by atomic mass is 10.1. The number of nitrogens with two attached hydrogens (primary N) is 1. The minimum absolute atomic E-state index is 0.0617. The minimum Gasteiger partial charge on any atom is -0.399 e. The van der Waals surface area contributed by atoms with Crippen molar-refractivity contribution in [3.63, 3.8) is 0 Å². The molecule has 1 atom stereocenters. The van der Waals surface area contributed by atoms with Gasteiger partial charge in [-0.25, -0.2) is 13.1 Å². The SMILES string of the molecule is CSCC(C)(O)CNS(=O)(=O)c1c(Br)cc(N)cc1Br. The quantitative estimate of drug-likeness (QED) is 0.581. The second-order valence-corrected chi connectivity index (χ2v) is 8.85. The monoisotopic (exact) mass is 446 g/mol. The van der Waals surface area contributed by atoms with E-state index in [1.54, 1.807) is 6.92 Å². The topological polar surface area (TPSA) is 92.4 Å². The zero-order chi connectivity index (χ0) is 15.6. The van der Waals surface area contributed by atoms with Crippen LogP contribution < -0.4 is 10.5 Å². The second kappa shape index (κ2) is 6.97. The van der Waals surface area contributed by atoms with Crippen molar-refractivity contribution in [2.45, 2.75) is 17.4 Å². The Bertz CT molecular complexity index is 568. The van der Waals surface area contributed by atoms with Crippen molar-refractivity contribution in [2.75, 3.05) is 24.3 Å². The van der Waals surface area contributed by atoms with Crippen molar-refractivity contribution in [2.24, 2.45) is 0 Å². The first-order chi connectivity index (χ1) is 9.09. The molecule has 0 amide bonds. The number of halogens is 2. The highest BCUT2D eigenvalue weighted by Gasteiger charge is 2.26. The van der Waals surface area contributed by atoms with Gasteiger partial charge in [0.1, 0.15) is 4.90 Å². The number of hydrogen-bond donors (Lipinski definition) is 3. The average Bonchev–Trinajstić information content (AvgIpc) is 2.24. The molecule has 0 aliphatic carbocycles. The summed E-state index contributed by atoms with van der Waals surface area (Å²) in [4.78, 5) is 0.0617. The summed E-state index contributed by atoms with van der Waals surface area (Å²) < 4.78 is 27.7. The van der Waals surface area contributed by atoms with Gasteiger partial charge in [-0.15, -0.1) is 0 Å². The molecule has 114 valence electrons. The van der Waals surface area contributed by atoms with Crippen LogP contribution in [0.3, 0.4) is 0 Å². The first kappa shape index (κ1) is 18.2. The van der Waals surface area contributed by atoms with Crippen molar-refractivity contribution < 1.29 is 13.5 Å². The third kappa shape index (κ3) is 4.88. The molecule has 0 aliphatic rings. The van der Waals surface area contributed by atoms with Crippen molar-refractivity contribution in [3.05, 3.63) is 21.1 Å². The Kier molecular flexibility index (Phi) is 6.36. The number of anilines is 1. The summed E-state index contributed by atoms with van der Waals surface area (Å²) >= 11 is 7.82. The van der Waals surface area contributed by atoms with Crippen molar-refractivity contribution in [1.82, 2.24) is 4.72 Å². The fraction of sp³-hybridized carbons (Fsp3) is 0.455. The maximum atomic E-state index is 12.3. The Morgan fingerprint density at radius 3 is 2.35 bits per heavy atom. The van der Waals surface area contributed by atoms with Gasteiger partial charge in [-0.1, -0.05) is 0 Å². The van der Waals surface area contributed by atoms with Crippen LogP contribution in [0.25, 0.3) is 0 Å². The Morgan fingerprint density at radius 2 is 1.90 bits per heavy atom. The maximum absolute atomic E-state index is 12.3. The number of rotatable bonds is 6. The lowest BCUT2D eigenvalue weighted by Gasteiger charge is -2.22. The predicted octanol–water partition coefficient (Wildman–Crippen LogP) is 2.19. The molecule has 0 aliphatic heterocycles. The van der Waals surface area contributed by atoms with E-state index in [1.165, 1.54) is 23.9 Å². The van der Waals surface area contributed by atoms with Crippen LogP contribution in [0.5, 0.6) is 0 Å². The molecule has 0 saturated heterocycles. The minimum atomic E-state index is -3.76. The average molecular weight is 448 g/mol. The van der Waals surface area contributed by atoms with E-state index in [0.717, 1.165) is 0 Å². The molecule has 20 heavy (non-hydrogen) atoms. The molecule has 0 fully saturated rings. The molecule has 0 heterocycles. The highest BCUT2D eigenvalue weighted by atomic mass is 79.9. The molecule has 4 N–H and O–H groups in total. The summed E-state index contributed by atoms with van der Waals surface area (Å²) in [5.74, 6) is 0.430. The van der Waals surface area contributed by atoms with E-state index in [-0.39, 0.29) is 11.4 Å². The molecule has 0 spiro atoms. The molecule has 1 aromatic rings. The van der Waals surface area contributed by atoms with Crippen LogP contribution in [-0.2, 0) is 10.0 Å². The van der Waals surface area contributed by atoms with Gasteiger partial charge in [0, 0.05) is 26.9 Å². The van der Waals surface area contributed by atoms with Crippen LogP contribution in [0.4, 0.5) is 5.69 Å². The lowest BCUT2D eigenvalue weighted by Crippen LogP contribution is -2.42. The summed E-state index contributed by atoms with van der Waals surface area (Å²) in [6.45, 7) is 1.51. The lowest BCUT2D eigenvalue weighted by molar-refractivity contribution is 0.0908. The molecular weight excluding hydrogens is 432 g/mol. The van der Waals surface area contributed by atoms with E-state index in [1.807, 2.05) is 6.26 Å². The van der Waals surface area contributed by atoms with Gasteiger partial charge in [0.05, 0.1) is 5.60 Å². The van der Waals surface area contributed by atoms with Crippen molar-refractivity contribution >= 4 is 59.3 Å². The fourth-order valence-electron chi connectivity index (χ4n) is 1.52. The van der Waals surface area contributed by atoms with Gasteiger partial charge >= 0.3 is 0 Å². The fourth-order valence-corrected chi connectivity index (χ4v) is 6.02. The van der Waals surface area contributed by atoms with Gasteiger partial charge < -0.3 is 10.8 Å². The molecule has 1 rings (SSSR count). The summed E-state index contributed by atoms with van der Waals surface area (Å²) in [6.07, 6.45) is 1.84. The smallest absolute Gasteiger partial charge is 0.242 e. The van der Waals surface area contributed by atoms with Crippen LogP contribution in [0, 0.1) is 0 Å². The van der Waals surface area contributed by atoms with E-state index in [4.69, 9.17) is 5.73 Å². The normalized spacial score (nSPS) is 15.1. The number of aliphatic hydroxyl groups is 1. The largest absolute Gasteiger partial charge is 0.399 e. The molecule has 0 bridgehead atoms. The molecule has 9 heteroatoms. The number of nitrogens with one attached hydrogen (secondary N) is 1. The number of hydrogen-bond acceptors (Lipinski definition) is 5. The number of sulfonamides is 1. The molecule has 0 radical (unpaired) electrons. The third-order valence-electron chi connectivity index (χ3n) is 2.39. The molecular formula is C11H16Br2N2O3S2. The maximum Gasteiger partial charge on any atom is 0.242 e. The Balaban J connectivity index is 3.01. The summed E-state index contributed by atoms with van der Waals surface area (Å²) in [5.41, 5.74) is 4.97. The second-order valence-electron chi connectivity index (χ2n) is 4.57. The van der Waals surface area contributed by atoms with Gasteiger partial charge in [-0.3, -0.25) is 0 Å². The van der Waals surface area contributed by atoms with E-state index in [0.29, 0.717) is 20.4 Å². The number of benzene rings is 1. The van der Waals surface area contributed by atoms with Gasteiger partial charge in [0.2, 0.25) is 10.0 Å². The van der Waals surface area contributed by atoms with Gasteiger partial charge in [0.15, 0.2) is 0 Å². The van der Waals surface area contributed by atoms with Crippen LogP contribution >= 0.6 is 43.6 Å². The highest BCUT2D eigenvalue weighted by Crippen LogP contribution is 2.32. The standard InChI is InChI=1S/C11H16Br2N2O3S2/c1-11(16,6-19-2)5-15-20(17,18)10-8(12)3-7(14)4-9(10)13/h3-4,15-16H,5-6,14H2,1-2H3. The first-order valence-electron chi connectivity index (χ1n) is 5.54. The van der Waals surface area contributed by atoms with E-state index >= 15 is 0 Å². The van der Waals surface area contributed by atoms with Crippen LogP contribution in [0.2, 0.25) is 0 Å². The molecule has 5 nitrogen and oxygen atoms in total. The summed E-state index contributed by atoms with van der Waals surface area (Å²) in [5, 5.41) is 10.0. The number of thioether (sulfide) groups is 1. The summed E-state index contributed by atoms with van der Waals surface area (Å²) in [6, 6.07) is 3.03. The number of nitrogen functional groups attached to an aromatic ring is 1. The molecule has 0 saturated carbocycles. The van der Waals surface area contributed by atoms with Crippen LogP contribution in [-0.4, -0.2) is 37.7 Å².